The van der Waals surface area contributed by atoms with Crippen molar-refractivity contribution < 1.29 is 42.2 Å². The number of carbonyl (C=O) groups is 1. The fourth-order valence-corrected chi connectivity index (χ4v) is 3.32. The Kier molecular flexibility index (Phi) is 9.24. The number of halogens is 2. The summed E-state index contributed by atoms with van der Waals surface area (Å²) in [4.78, 5) is 13.8. The summed E-state index contributed by atoms with van der Waals surface area (Å²) in [6.07, 6.45) is 5.90. The number of hydrogen-bond donors (Lipinski definition) is 0. The molecule has 117 valence electrons. The first kappa shape index (κ1) is 20.7. The van der Waals surface area contributed by atoms with Crippen LogP contribution in [0.25, 0.3) is 5.70 Å². The predicted molar refractivity (Wildman–Crippen MR) is 94.5 cm³/mol. The molecule has 1 amide bonds. The van der Waals surface area contributed by atoms with Gasteiger partial charge in [0.15, 0.2) is 0 Å². The molecule has 3 nitrogen and oxygen atoms in total. The molecule has 1 unspecified atom stereocenters. The maximum absolute atomic E-state index is 12.2. The standard InChI is InChI=1S/C15H16Br2NO2S.Y/c1-3-18-14(7-6-12(16)15(18)19)11-5-4-10(8-13(11)17)20-9-21-2;/h4-5,8,12H,3,6,9H2,1-2H3;/q-1;. The van der Waals surface area contributed by atoms with Gasteiger partial charge in [0.1, 0.15) is 11.7 Å². The molecule has 22 heavy (non-hydrogen) atoms. The SMILES string of the molecule is CCN1C(=O)C(Br)C[C-]=C1c1ccc(OCSC)cc1Br.[Y]. The Hall–Kier alpha value is 0.644. The molecule has 2 rings (SSSR count). The van der Waals surface area contributed by atoms with Crippen LogP contribution in [0.1, 0.15) is 18.9 Å². The van der Waals surface area contributed by atoms with Crippen LogP contribution < -0.4 is 4.74 Å². The third-order valence-electron chi connectivity index (χ3n) is 3.11. The van der Waals surface area contributed by atoms with Crippen LogP contribution in [-0.4, -0.2) is 34.4 Å². The Bertz CT molecular complexity index is 568. The summed E-state index contributed by atoms with van der Waals surface area (Å²) in [7, 11) is 0. The number of carbonyl (C=O) groups excluding carboxylic acids is 1. The Labute approximate surface area is 177 Å². The van der Waals surface area contributed by atoms with Crippen molar-refractivity contribution in [2.75, 3.05) is 18.7 Å². The van der Waals surface area contributed by atoms with Gasteiger partial charge in [0.25, 0.3) is 0 Å². The van der Waals surface area contributed by atoms with Gasteiger partial charge in [-0.3, -0.25) is 4.79 Å². The molecule has 0 saturated carbocycles. The number of amides is 1. The van der Waals surface area contributed by atoms with E-state index in [9.17, 15) is 4.79 Å². The van der Waals surface area contributed by atoms with E-state index in [0.29, 0.717) is 18.9 Å². The summed E-state index contributed by atoms with van der Waals surface area (Å²) >= 11 is 8.59. The zero-order valence-corrected chi connectivity index (χ0v) is 19.3. The Morgan fingerprint density at radius 3 is 2.82 bits per heavy atom. The van der Waals surface area contributed by atoms with Crippen molar-refractivity contribution in [1.29, 1.82) is 0 Å². The second kappa shape index (κ2) is 9.82. The fraction of sp³-hybridized carbons (Fsp3) is 0.400. The summed E-state index contributed by atoms with van der Waals surface area (Å²) in [5.41, 5.74) is 1.79. The number of rotatable bonds is 5. The van der Waals surface area contributed by atoms with E-state index >= 15 is 0 Å². The summed E-state index contributed by atoms with van der Waals surface area (Å²) in [5.74, 6) is 1.51. The second-order valence-corrected chi connectivity index (χ2v) is 7.24. The Morgan fingerprint density at radius 1 is 1.50 bits per heavy atom. The molecule has 0 aliphatic carbocycles. The molecule has 1 radical (unpaired) electrons. The number of allylic oxidation sites excluding steroid dienone is 1. The molecule has 0 spiro atoms. The molecular weight excluding hydrogens is 507 g/mol. The number of thioether (sulfide) groups is 1. The summed E-state index contributed by atoms with van der Waals surface area (Å²) in [5, 5.41) is 0. The van der Waals surface area contributed by atoms with E-state index in [1.165, 1.54) is 0 Å². The maximum Gasteiger partial charge on any atom is 0.236 e. The van der Waals surface area contributed by atoms with E-state index in [4.69, 9.17) is 4.74 Å². The zero-order chi connectivity index (χ0) is 15.4. The second-order valence-electron chi connectivity index (χ2n) is 4.47. The molecule has 0 N–H and O–H groups in total. The molecule has 0 aromatic heterocycles. The average molecular weight is 523 g/mol. The van der Waals surface area contributed by atoms with Crippen molar-refractivity contribution >= 4 is 55.2 Å². The van der Waals surface area contributed by atoms with Gasteiger partial charge in [-0.2, -0.15) is 0 Å². The first-order valence-corrected chi connectivity index (χ1v) is 9.66. The first-order chi connectivity index (χ1) is 10.1. The van der Waals surface area contributed by atoms with Crippen LogP contribution in [0.4, 0.5) is 0 Å². The molecule has 1 aliphatic rings. The first-order valence-electron chi connectivity index (χ1n) is 6.56. The molecule has 1 heterocycles. The monoisotopic (exact) mass is 521 g/mol. The minimum absolute atomic E-state index is 0. The fourth-order valence-electron chi connectivity index (χ4n) is 2.11. The van der Waals surface area contributed by atoms with E-state index in [2.05, 4.69) is 37.9 Å². The van der Waals surface area contributed by atoms with Crippen LogP contribution >= 0.6 is 43.6 Å². The van der Waals surface area contributed by atoms with Gasteiger partial charge in [-0.1, -0.05) is 42.8 Å². The molecule has 0 saturated heterocycles. The number of nitrogens with zero attached hydrogens (tertiary/aromatic N) is 1. The van der Waals surface area contributed by atoms with Gasteiger partial charge >= 0.3 is 0 Å². The van der Waals surface area contributed by atoms with E-state index in [-0.39, 0.29) is 43.4 Å². The van der Waals surface area contributed by atoms with Gasteiger partial charge in [0.05, 0.1) is 4.83 Å². The van der Waals surface area contributed by atoms with Crippen LogP contribution in [0.15, 0.2) is 22.7 Å². The van der Waals surface area contributed by atoms with Crippen molar-refractivity contribution in [3.05, 3.63) is 34.3 Å². The van der Waals surface area contributed by atoms with Gasteiger partial charge < -0.3 is 9.64 Å². The van der Waals surface area contributed by atoms with E-state index in [1.54, 1.807) is 16.7 Å². The maximum atomic E-state index is 12.2. The van der Waals surface area contributed by atoms with Crippen molar-refractivity contribution in [1.82, 2.24) is 4.90 Å². The number of alkyl halides is 1. The van der Waals surface area contributed by atoms with Crippen molar-refractivity contribution in [2.45, 2.75) is 18.2 Å². The molecule has 1 aromatic carbocycles. The van der Waals surface area contributed by atoms with Crippen LogP contribution in [0, 0.1) is 6.08 Å². The molecule has 1 aromatic rings. The van der Waals surface area contributed by atoms with Gasteiger partial charge in [-0.15, -0.1) is 29.1 Å². The topological polar surface area (TPSA) is 29.5 Å². The third-order valence-corrected chi connectivity index (χ3v) is 4.83. The molecule has 1 atom stereocenters. The minimum Gasteiger partial charge on any atom is -0.483 e. The number of hydrogen-bond acceptors (Lipinski definition) is 3. The van der Waals surface area contributed by atoms with E-state index < -0.39 is 0 Å². The molecule has 0 bridgehead atoms. The average Bonchev–Trinajstić information content (AvgIpc) is 2.48. The quantitative estimate of drug-likeness (QED) is 0.328. The van der Waals surface area contributed by atoms with Crippen LogP contribution in [0.2, 0.25) is 0 Å². The van der Waals surface area contributed by atoms with Crippen LogP contribution in [-0.2, 0) is 37.5 Å². The van der Waals surface area contributed by atoms with E-state index in [1.807, 2.05) is 31.4 Å². The minimum atomic E-state index is -0.177. The Morgan fingerprint density at radius 2 is 2.23 bits per heavy atom. The van der Waals surface area contributed by atoms with Gasteiger partial charge in [-0.05, 0) is 25.3 Å². The number of ether oxygens (including phenoxy) is 1. The van der Waals surface area contributed by atoms with Crippen LogP contribution in [0.5, 0.6) is 5.75 Å². The van der Waals surface area contributed by atoms with Gasteiger partial charge in [-0.25, -0.2) is 6.08 Å². The predicted octanol–water partition coefficient (Wildman–Crippen LogP) is 4.31. The molecular formula is C15H16Br2NO2SY-. The van der Waals surface area contributed by atoms with Crippen molar-refractivity contribution in [3.63, 3.8) is 0 Å². The Balaban J connectivity index is 0.00000242. The molecule has 0 fully saturated rings. The van der Waals surface area contributed by atoms with Crippen molar-refractivity contribution in [3.8, 4) is 5.75 Å². The smallest absolute Gasteiger partial charge is 0.236 e. The third kappa shape index (κ3) is 4.82. The number of benzene rings is 1. The summed E-state index contributed by atoms with van der Waals surface area (Å²) in [6.45, 7) is 2.59. The van der Waals surface area contributed by atoms with Gasteiger partial charge in [0.2, 0.25) is 5.91 Å². The summed E-state index contributed by atoms with van der Waals surface area (Å²) in [6, 6.07) is 5.81. The summed E-state index contributed by atoms with van der Waals surface area (Å²) < 4.78 is 6.49. The van der Waals surface area contributed by atoms with Gasteiger partial charge in [0, 0.05) is 39.3 Å². The van der Waals surface area contributed by atoms with Crippen molar-refractivity contribution in [2.24, 2.45) is 0 Å². The largest absolute Gasteiger partial charge is 0.483 e. The molecule has 1 aliphatic heterocycles. The van der Waals surface area contributed by atoms with E-state index in [0.717, 1.165) is 21.5 Å². The normalized spacial score (nSPS) is 17.8. The zero-order valence-electron chi connectivity index (χ0n) is 12.4. The van der Waals surface area contributed by atoms with Crippen LogP contribution in [0.3, 0.4) is 0 Å². The molecule has 7 heteroatoms.